The largest absolute Gasteiger partial charge is 0.455 e. The van der Waals surface area contributed by atoms with Gasteiger partial charge in [0.15, 0.2) is 14.3 Å². The molecule has 0 unspecified atom stereocenters. The van der Waals surface area contributed by atoms with Crippen molar-refractivity contribution < 1.29 is 18.0 Å². The SMILES string of the molecule is O=P(c1ccccc1)(c1ccccc1)c1ccc2c(oc3ccccc32)c1-c1c(P(=O)(c2ccccc2)c2ccccc2)ccc2c1oc1ccccc12. The van der Waals surface area contributed by atoms with E-state index in [0.717, 1.165) is 21.5 Å². The van der Waals surface area contributed by atoms with E-state index in [-0.39, 0.29) is 0 Å². The number of rotatable bonds is 7. The lowest BCUT2D eigenvalue weighted by Crippen LogP contribution is -2.30. The molecule has 0 radical (unpaired) electrons. The summed E-state index contributed by atoms with van der Waals surface area (Å²) in [6, 6.07) is 62.5. The molecule has 4 nitrogen and oxygen atoms in total. The van der Waals surface area contributed by atoms with Crippen LogP contribution in [0.5, 0.6) is 0 Å². The zero-order chi connectivity index (χ0) is 36.3. The van der Waals surface area contributed by atoms with Gasteiger partial charge in [-0.2, -0.15) is 0 Å². The first-order chi connectivity index (χ1) is 26.6. The number of hydrogen-bond acceptors (Lipinski definition) is 4. The van der Waals surface area contributed by atoms with Gasteiger partial charge in [0.25, 0.3) is 0 Å². The number of para-hydroxylation sites is 2. The molecule has 0 spiro atoms. The van der Waals surface area contributed by atoms with Crippen molar-refractivity contribution in [3.8, 4) is 11.1 Å². The van der Waals surface area contributed by atoms with E-state index >= 15 is 9.13 Å². The number of fused-ring (bicyclic) bond motifs is 6. The maximum Gasteiger partial charge on any atom is 0.171 e. The van der Waals surface area contributed by atoms with Gasteiger partial charge in [0.2, 0.25) is 0 Å². The van der Waals surface area contributed by atoms with Crippen LogP contribution in [0.15, 0.2) is 203 Å². The fourth-order valence-electron chi connectivity index (χ4n) is 7.97. The monoisotopic (exact) mass is 734 g/mol. The van der Waals surface area contributed by atoms with Crippen LogP contribution in [0.4, 0.5) is 0 Å². The lowest BCUT2D eigenvalue weighted by Gasteiger charge is -2.26. The first kappa shape index (κ1) is 32.5. The van der Waals surface area contributed by atoms with E-state index in [0.29, 0.717) is 65.3 Å². The number of furan rings is 2. The van der Waals surface area contributed by atoms with Crippen molar-refractivity contribution in [2.45, 2.75) is 0 Å². The summed E-state index contributed by atoms with van der Waals surface area (Å²) < 4.78 is 46.9. The normalized spacial score (nSPS) is 12.2. The molecule has 0 saturated heterocycles. The van der Waals surface area contributed by atoms with Gasteiger partial charge in [-0.3, -0.25) is 0 Å². The molecule has 0 aliphatic carbocycles. The first-order valence-electron chi connectivity index (χ1n) is 17.9. The molecule has 0 N–H and O–H groups in total. The maximum atomic E-state index is 16.5. The van der Waals surface area contributed by atoms with Crippen LogP contribution in [-0.4, -0.2) is 0 Å². The molecule has 10 aromatic rings. The van der Waals surface area contributed by atoms with Gasteiger partial charge in [0.05, 0.1) is 0 Å². The highest BCUT2D eigenvalue weighted by molar-refractivity contribution is 7.86. The Kier molecular flexibility index (Phi) is 7.66. The Balaban J connectivity index is 1.46. The maximum absolute atomic E-state index is 16.5. The van der Waals surface area contributed by atoms with Gasteiger partial charge in [-0.1, -0.05) is 158 Å². The Morgan fingerprint density at radius 3 is 0.926 bits per heavy atom. The fraction of sp³-hybridized carbons (Fsp3) is 0. The Bertz CT molecular complexity index is 2800. The van der Waals surface area contributed by atoms with Crippen LogP contribution in [0.2, 0.25) is 0 Å². The summed E-state index contributed by atoms with van der Waals surface area (Å²) in [5.41, 5.74) is 3.73. The molecule has 0 fully saturated rings. The molecular weight excluding hydrogens is 702 g/mol. The van der Waals surface area contributed by atoms with Crippen LogP contribution in [0.3, 0.4) is 0 Å². The smallest absolute Gasteiger partial charge is 0.171 e. The van der Waals surface area contributed by atoms with E-state index in [1.165, 1.54) is 0 Å². The van der Waals surface area contributed by atoms with Crippen molar-refractivity contribution >= 4 is 90.0 Å². The van der Waals surface area contributed by atoms with Crippen molar-refractivity contribution in [2.24, 2.45) is 0 Å². The van der Waals surface area contributed by atoms with Gasteiger partial charge in [0, 0.05) is 64.5 Å². The highest BCUT2D eigenvalue weighted by atomic mass is 31.2. The minimum atomic E-state index is -3.65. The molecule has 0 amide bonds. The van der Waals surface area contributed by atoms with Crippen LogP contribution in [-0.2, 0) is 9.13 Å². The molecule has 10 rings (SSSR count). The minimum absolute atomic E-state index is 0.558. The van der Waals surface area contributed by atoms with Crippen molar-refractivity contribution in [2.75, 3.05) is 0 Å². The van der Waals surface area contributed by atoms with Crippen LogP contribution < -0.4 is 31.8 Å². The summed E-state index contributed by atoms with van der Waals surface area (Å²) in [5.74, 6) is 0. The molecule has 6 heteroatoms. The average Bonchev–Trinajstić information content (AvgIpc) is 3.82. The Morgan fingerprint density at radius 2 is 0.593 bits per heavy atom. The Labute approximate surface area is 312 Å². The third kappa shape index (κ3) is 4.85. The molecule has 54 heavy (non-hydrogen) atoms. The minimum Gasteiger partial charge on any atom is -0.455 e. The van der Waals surface area contributed by atoms with Crippen LogP contribution in [0.25, 0.3) is 55.0 Å². The highest BCUT2D eigenvalue weighted by Crippen LogP contribution is 2.53. The predicted octanol–water partition coefficient (Wildman–Crippen LogP) is 10.4. The topological polar surface area (TPSA) is 60.4 Å². The van der Waals surface area contributed by atoms with Gasteiger partial charge in [-0.05, 0) is 36.4 Å². The van der Waals surface area contributed by atoms with Crippen LogP contribution in [0, 0.1) is 0 Å². The van der Waals surface area contributed by atoms with E-state index < -0.39 is 14.3 Å². The molecule has 0 atom stereocenters. The lowest BCUT2D eigenvalue weighted by molar-refractivity contribution is 0.591. The lowest BCUT2D eigenvalue weighted by atomic mass is 9.99. The first-order valence-corrected chi connectivity index (χ1v) is 21.3. The number of benzene rings is 8. The van der Waals surface area contributed by atoms with Crippen molar-refractivity contribution in [3.05, 3.63) is 194 Å². The second kappa shape index (κ2) is 12.7. The molecule has 258 valence electrons. The summed E-state index contributed by atoms with van der Waals surface area (Å²) in [6.07, 6.45) is 0. The summed E-state index contributed by atoms with van der Waals surface area (Å²) in [7, 11) is -7.29. The highest BCUT2D eigenvalue weighted by Gasteiger charge is 2.40. The second-order valence-electron chi connectivity index (χ2n) is 13.4. The van der Waals surface area contributed by atoms with Gasteiger partial charge < -0.3 is 18.0 Å². The van der Waals surface area contributed by atoms with E-state index in [2.05, 4.69) is 0 Å². The van der Waals surface area contributed by atoms with Crippen molar-refractivity contribution in [3.63, 3.8) is 0 Å². The number of hydrogen-bond donors (Lipinski definition) is 0. The molecule has 2 aromatic heterocycles. The van der Waals surface area contributed by atoms with E-state index in [1.807, 2.05) is 194 Å². The van der Waals surface area contributed by atoms with E-state index in [9.17, 15) is 0 Å². The van der Waals surface area contributed by atoms with Gasteiger partial charge in [-0.15, -0.1) is 0 Å². The predicted molar refractivity (Wildman–Crippen MR) is 225 cm³/mol. The molecule has 8 aromatic carbocycles. The zero-order valence-corrected chi connectivity index (χ0v) is 30.8. The average molecular weight is 735 g/mol. The second-order valence-corrected chi connectivity index (χ2v) is 18.9. The third-order valence-corrected chi connectivity index (χ3v) is 16.7. The van der Waals surface area contributed by atoms with Gasteiger partial charge in [-0.25, -0.2) is 0 Å². The fourth-order valence-corrected chi connectivity index (χ4v) is 13.7. The molecule has 0 aliphatic rings. The van der Waals surface area contributed by atoms with E-state index in [1.54, 1.807) is 0 Å². The summed E-state index contributed by atoms with van der Waals surface area (Å²) in [5, 5.41) is 7.48. The van der Waals surface area contributed by atoms with Gasteiger partial charge in [0.1, 0.15) is 22.3 Å². The van der Waals surface area contributed by atoms with Crippen LogP contribution in [0.1, 0.15) is 0 Å². The zero-order valence-electron chi connectivity index (χ0n) is 29.0. The molecular formula is C48H32O4P2. The molecule has 0 aliphatic heterocycles. The molecule has 0 saturated carbocycles. The molecule has 0 bridgehead atoms. The molecule has 2 heterocycles. The van der Waals surface area contributed by atoms with Gasteiger partial charge >= 0.3 is 0 Å². The van der Waals surface area contributed by atoms with E-state index in [4.69, 9.17) is 8.83 Å². The summed E-state index contributed by atoms with van der Waals surface area (Å²) >= 11 is 0. The standard InChI is InChI=1S/C48H32O4P2/c49-53(33-17-5-1-6-18-33,34-19-7-2-8-20-34)43-31-29-39-37-25-13-15-27-41(37)51-47(39)45(43)46-44(32-30-40-38-26-14-16-28-42(38)52-48(40)46)54(50,35-21-9-3-10-22-35)36-23-11-4-12-24-36/h1-32H. The quantitative estimate of drug-likeness (QED) is 0.153. The summed E-state index contributed by atoms with van der Waals surface area (Å²) in [6.45, 7) is 0. The Hall–Kier alpha value is -6.18. The third-order valence-electron chi connectivity index (χ3n) is 10.5. The van der Waals surface area contributed by atoms with Crippen molar-refractivity contribution in [1.82, 2.24) is 0 Å². The Morgan fingerprint density at radius 1 is 0.296 bits per heavy atom. The van der Waals surface area contributed by atoms with Crippen LogP contribution >= 0.6 is 14.3 Å². The summed E-state index contributed by atoms with van der Waals surface area (Å²) in [4.78, 5) is 0. The van der Waals surface area contributed by atoms with Crippen molar-refractivity contribution in [1.29, 1.82) is 0 Å².